The van der Waals surface area contributed by atoms with E-state index in [0.717, 1.165) is 30.8 Å². The topological polar surface area (TPSA) is 67.7 Å². The van der Waals surface area contributed by atoms with Crippen LogP contribution in [0, 0.1) is 0 Å². The zero-order chi connectivity index (χ0) is 18.9. The van der Waals surface area contributed by atoms with Gasteiger partial charge in [-0.1, -0.05) is 6.07 Å². The van der Waals surface area contributed by atoms with Crippen LogP contribution in [-0.4, -0.2) is 69.8 Å². The van der Waals surface area contributed by atoms with E-state index in [1.54, 1.807) is 17.1 Å². The lowest BCUT2D eigenvalue weighted by molar-refractivity contribution is -0.126. The number of aromatic nitrogens is 2. The number of ether oxygens (including phenoxy) is 1. The number of likely N-dealkylation sites (tertiary alicyclic amines) is 1. The maximum atomic E-state index is 12.9. The summed E-state index contributed by atoms with van der Waals surface area (Å²) in [5.74, 6) is 0.0411. The first-order valence-electron chi connectivity index (χ1n) is 9.39. The Hall–Kier alpha value is -2.19. The molecule has 0 aromatic carbocycles. The summed E-state index contributed by atoms with van der Waals surface area (Å²) in [6.07, 6.45) is 5.16. The fraction of sp³-hybridized carbons (Fsp3) is 0.526. The van der Waals surface area contributed by atoms with Crippen LogP contribution in [0.3, 0.4) is 0 Å². The maximum absolute atomic E-state index is 12.9. The highest BCUT2D eigenvalue weighted by Gasteiger charge is 2.43. The van der Waals surface area contributed by atoms with Gasteiger partial charge in [0.25, 0.3) is 11.8 Å². The molecule has 0 aliphatic carbocycles. The molecule has 4 rings (SSSR count). The molecule has 1 unspecified atom stereocenters. The Labute approximate surface area is 162 Å². The number of carbonyl (C=O) groups excluding carboxylic acids is 2. The van der Waals surface area contributed by atoms with Gasteiger partial charge in [-0.2, -0.15) is 5.10 Å². The van der Waals surface area contributed by atoms with Crippen LogP contribution < -0.4 is 0 Å². The molecule has 0 radical (unpaired) electrons. The van der Waals surface area contributed by atoms with Crippen molar-refractivity contribution >= 4 is 23.2 Å². The fourth-order valence-electron chi connectivity index (χ4n) is 3.92. The smallest absolute Gasteiger partial charge is 0.264 e. The molecular weight excluding hydrogens is 364 g/mol. The summed E-state index contributed by atoms with van der Waals surface area (Å²) >= 11 is 1.46. The SMILES string of the molecule is CCn1cc(C(=O)N2CCOC3(CCCN(C(=O)c4cccs4)C3)C2)cn1. The number of aryl methyl sites for hydroxylation is 1. The Morgan fingerprint density at radius 1 is 1.26 bits per heavy atom. The van der Waals surface area contributed by atoms with Gasteiger partial charge in [-0.25, -0.2) is 0 Å². The maximum Gasteiger partial charge on any atom is 0.264 e. The van der Waals surface area contributed by atoms with E-state index < -0.39 is 5.60 Å². The lowest BCUT2D eigenvalue weighted by atomic mass is 9.90. The molecule has 8 heteroatoms. The summed E-state index contributed by atoms with van der Waals surface area (Å²) in [5, 5.41) is 6.12. The van der Waals surface area contributed by atoms with Gasteiger partial charge in [0.2, 0.25) is 0 Å². The Balaban J connectivity index is 1.47. The monoisotopic (exact) mass is 388 g/mol. The molecule has 2 aromatic heterocycles. The van der Waals surface area contributed by atoms with Crippen molar-refractivity contribution in [3.8, 4) is 0 Å². The van der Waals surface area contributed by atoms with E-state index in [0.29, 0.717) is 31.8 Å². The third-order valence-corrected chi connectivity index (χ3v) is 6.16. The van der Waals surface area contributed by atoms with Crippen LogP contribution in [-0.2, 0) is 11.3 Å². The van der Waals surface area contributed by atoms with Crippen molar-refractivity contribution in [1.82, 2.24) is 19.6 Å². The highest BCUT2D eigenvalue weighted by Crippen LogP contribution is 2.30. The zero-order valence-corrected chi connectivity index (χ0v) is 16.3. The molecule has 7 nitrogen and oxygen atoms in total. The largest absolute Gasteiger partial charge is 0.369 e. The predicted octanol–water partition coefficient (Wildman–Crippen LogP) is 2.11. The van der Waals surface area contributed by atoms with Crippen LogP contribution in [0.15, 0.2) is 29.9 Å². The van der Waals surface area contributed by atoms with Gasteiger partial charge < -0.3 is 14.5 Å². The summed E-state index contributed by atoms with van der Waals surface area (Å²) < 4.78 is 7.90. The van der Waals surface area contributed by atoms with Gasteiger partial charge in [-0.05, 0) is 31.2 Å². The minimum atomic E-state index is -0.472. The van der Waals surface area contributed by atoms with Crippen molar-refractivity contribution < 1.29 is 14.3 Å². The van der Waals surface area contributed by atoms with Gasteiger partial charge in [0.05, 0.1) is 36.3 Å². The van der Waals surface area contributed by atoms with Gasteiger partial charge in [0, 0.05) is 25.8 Å². The number of hydrogen-bond donors (Lipinski definition) is 0. The van der Waals surface area contributed by atoms with Crippen LogP contribution in [0.5, 0.6) is 0 Å². The molecule has 2 amide bonds. The summed E-state index contributed by atoms with van der Waals surface area (Å²) in [5.41, 5.74) is 0.135. The first-order chi connectivity index (χ1) is 13.1. The summed E-state index contributed by atoms with van der Waals surface area (Å²) in [7, 11) is 0. The van der Waals surface area contributed by atoms with E-state index in [9.17, 15) is 9.59 Å². The number of hydrogen-bond acceptors (Lipinski definition) is 5. The average molecular weight is 388 g/mol. The molecule has 2 aliphatic heterocycles. The molecule has 2 fully saturated rings. The average Bonchev–Trinajstić information content (AvgIpc) is 3.39. The highest BCUT2D eigenvalue weighted by atomic mass is 32.1. The number of carbonyl (C=O) groups is 2. The number of nitrogens with zero attached hydrogens (tertiary/aromatic N) is 4. The second kappa shape index (κ2) is 7.44. The molecule has 2 aliphatic rings. The van der Waals surface area contributed by atoms with Crippen LogP contribution >= 0.6 is 11.3 Å². The van der Waals surface area contributed by atoms with Crippen molar-refractivity contribution in [1.29, 1.82) is 0 Å². The van der Waals surface area contributed by atoms with Crippen molar-refractivity contribution in [2.75, 3.05) is 32.8 Å². The van der Waals surface area contributed by atoms with Gasteiger partial charge in [-0.3, -0.25) is 14.3 Å². The van der Waals surface area contributed by atoms with E-state index in [2.05, 4.69) is 5.10 Å². The van der Waals surface area contributed by atoms with Gasteiger partial charge in [0.15, 0.2) is 0 Å². The first kappa shape index (κ1) is 18.2. The van der Waals surface area contributed by atoms with E-state index >= 15 is 0 Å². The van der Waals surface area contributed by atoms with Gasteiger partial charge in [0.1, 0.15) is 5.60 Å². The van der Waals surface area contributed by atoms with Crippen molar-refractivity contribution in [3.63, 3.8) is 0 Å². The van der Waals surface area contributed by atoms with E-state index in [-0.39, 0.29) is 11.8 Å². The van der Waals surface area contributed by atoms with E-state index in [1.165, 1.54) is 11.3 Å². The van der Waals surface area contributed by atoms with E-state index in [4.69, 9.17) is 4.74 Å². The Morgan fingerprint density at radius 3 is 2.78 bits per heavy atom. The van der Waals surface area contributed by atoms with Gasteiger partial charge in [-0.15, -0.1) is 11.3 Å². The summed E-state index contributed by atoms with van der Waals surface area (Å²) in [4.78, 5) is 30.1. The number of amides is 2. The number of rotatable bonds is 3. The molecule has 2 aromatic rings. The lowest BCUT2D eigenvalue weighted by Crippen LogP contribution is -2.61. The van der Waals surface area contributed by atoms with Crippen molar-refractivity contribution in [2.24, 2.45) is 0 Å². The quantitative estimate of drug-likeness (QED) is 0.808. The van der Waals surface area contributed by atoms with Crippen LogP contribution in [0.1, 0.15) is 39.8 Å². The minimum absolute atomic E-state index is 0.0147. The summed E-state index contributed by atoms with van der Waals surface area (Å²) in [6, 6.07) is 3.75. The molecule has 4 heterocycles. The molecule has 0 bridgehead atoms. The molecule has 1 spiro atoms. The van der Waals surface area contributed by atoms with Crippen LogP contribution in [0.4, 0.5) is 0 Å². The standard InChI is InChI=1S/C19H24N4O3S/c1-2-23-12-15(11-20-23)17(24)22-8-9-26-19(14-22)6-4-7-21(13-19)18(25)16-5-3-10-27-16/h3,5,10-12H,2,4,6-9,13-14H2,1H3. The molecule has 144 valence electrons. The second-order valence-corrected chi connectivity index (χ2v) is 8.10. The number of morpholine rings is 1. The Kier molecular flexibility index (Phi) is 5.01. The molecule has 2 saturated heterocycles. The third-order valence-electron chi connectivity index (χ3n) is 5.30. The fourth-order valence-corrected chi connectivity index (χ4v) is 4.61. The number of piperidine rings is 1. The highest BCUT2D eigenvalue weighted by molar-refractivity contribution is 7.12. The molecule has 27 heavy (non-hydrogen) atoms. The van der Waals surface area contributed by atoms with Crippen molar-refractivity contribution in [3.05, 3.63) is 40.3 Å². The van der Waals surface area contributed by atoms with Crippen LogP contribution in [0.25, 0.3) is 0 Å². The Morgan fingerprint density at radius 2 is 2.07 bits per heavy atom. The summed E-state index contributed by atoms with van der Waals surface area (Å²) in [6.45, 7) is 5.57. The number of thiophene rings is 1. The molecule has 0 N–H and O–H groups in total. The zero-order valence-electron chi connectivity index (χ0n) is 15.5. The van der Waals surface area contributed by atoms with E-state index in [1.807, 2.05) is 34.2 Å². The predicted molar refractivity (Wildman–Crippen MR) is 102 cm³/mol. The Bertz CT molecular complexity index is 815. The lowest BCUT2D eigenvalue weighted by Gasteiger charge is -2.47. The molecule has 0 saturated carbocycles. The first-order valence-corrected chi connectivity index (χ1v) is 10.3. The second-order valence-electron chi connectivity index (χ2n) is 7.15. The normalized spacial score (nSPS) is 23.0. The minimum Gasteiger partial charge on any atom is -0.369 e. The van der Waals surface area contributed by atoms with Crippen molar-refractivity contribution in [2.45, 2.75) is 31.9 Å². The molecular formula is C19H24N4O3S. The third kappa shape index (κ3) is 3.64. The van der Waals surface area contributed by atoms with Crippen LogP contribution in [0.2, 0.25) is 0 Å². The van der Waals surface area contributed by atoms with Gasteiger partial charge >= 0.3 is 0 Å². The molecule has 1 atom stereocenters.